The first-order valence-electron chi connectivity index (χ1n) is 5.69. The van der Waals surface area contributed by atoms with Gasteiger partial charge in [-0.2, -0.15) is 5.10 Å². The third kappa shape index (κ3) is 1.84. The van der Waals surface area contributed by atoms with Gasteiger partial charge >= 0.3 is 0 Å². The molecule has 0 amide bonds. The Hall–Kier alpha value is -2.08. The van der Waals surface area contributed by atoms with Crippen LogP contribution in [-0.4, -0.2) is 28.1 Å². The Morgan fingerprint density at radius 3 is 2.79 bits per heavy atom. The molecule has 3 N–H and O–H groups in total. The second-order valence-corrected chi connectivity index (χ2v) is 4.59. The lowest BCUT2D eigenvalue weighted by Gasteiger charge is -2.21. The van der Waals surface area contributed by atoms with Gasteiger partial charge in [0, 0.05) is 19.2 Å². The molecule has 19 heavy (non-hydrogen) atoms. The second-order valence-electron chi connectivity index (χ2n) is 4.18. The number of rotatable bonds is 1. The number of aromatic hydroxyl groups is 1. The first kappa shape index (κ1) is 12.0. The van der Waals surface area contributed by atoms with Crippen LogP contribution in [0.3, 0.4) is 0 Å². The average molecular weight is 282 g/mol. The van der Waals surface area contributed by atoms with Gasteiger partial charge in [0.25, 0.3) is 0 Å². The van der Waals surface area contributed by atoms with Gasteiger partial charge in [-0.15, -0.1) is 0 Å². The van der Waals surface area contributed by atoms with Gasteiger partial charge in [0.15, 0.2) is 11.5 Å². The van der Waals surface area contributed by atoms with Crippen LogP contribution in [0.1, 0.15) is 0 Å². The van der Waals surface area contributed by atoms with E-state index in [0.717, 1.165) is 0 Å². The van der Waals surface area contributed by atoms with Gasteiger partial charge < -0.3 is 20.3 Å². The van der Waals surface area contributed by atoms with Gasteiger partial charge in [-0.05, 0) is 0 Å². The highest BCUT2D eigenvalue weighted by atomic mass is 35.5. The number of nitrogens with two attached hydrogens (primary N) is 1. The second kappa shape index (κ2) is 4.24. The Labute approximate surface area is 114 Å². The molecule has 0 fully saturated rings. The van der Waals surface area contributed by atoms with Gasteiger partial charge in [0.2, 0.25) is 0 Å². The number of aromatic nitrogens is 2. The molecule has 100 valence electrons. The van der Waals surface area contributed by atoms with Gasteiger partial charge in [-0.3, -0.25) is 4.68 Å². The number of nitrogens with zero attached hydrogens (tertiary/aromatic N) is 2. The van der Waals surface area contributed by atoms with Crippen LogP contribution in [0.15, 0.2) is 12.1 Å². The molecule has 0 radical (unpaired) electrons. The molecule has 2 aromatic rings. The van der Waals surface area contributed by atoms with E-state index in [0.29, 0.717) is 41.8 Å². The molecule has 3 rings (SSSR count). The molecule has 1 aliphatic rings. The minimum absolute atomic E-state index is 0.0935. The molecule has 0 unspecified atom stereocenters. The summed E-state index contributed by atoms with van der Waals surface area (Å²) < 4.78 is 12.5. The number of phenolic OH excluding ortho intramolecular Hbond substituents is 1. The van der Waals surface area contributed by atoms with Crippen LogP contribution in [0.5, 0.6) is 17.2 Å². The molecule has 0 saturated carbocycles. The summed E-state index contributed by atoms with van der Waals surface area (Å²) in [6.07, 6.45) is 0. The molecule has 6 nitrogen and oxygen atoms in total. The van der Waals surface area contributed by atoms with E-state index < -0.39 is 0 Å². The van der Waals surface area contributed by atoms with Crippen molar-refractivity contribution in [3.63, 3.8) is 0 Å². The van der Waals surface area contributed by atoms with E-state index in [1.54, 1.807) is 13.1 Å². The number of ether oxygens (including phenoxy) is 2. The molecule has 1 aromatic carbocycles. The third-order valence-corrected chi connectivity index (χ3v) is 3.22. The number of hydrogen-bond donors (Lipinski definition) is 2. The van der Waals surface area contributed by atoms with Gasteiger partial charge in [0.1, 0.15) is 30.5 Å². The van der Waals surface area contributed by atoms with Crippen LogP contribution in [0.4, 0.5) is 5.82 Å². The summed E-state index contributed by atoms with van der Waals surface area (Å²) in [4.78, 5) is 0. The Morgan fingerprint density at radius 2 is 2.11 bits per heavy atom. The predicted octanol–water partition coefficient (Wildman–Crippen LogP) is 1.80. The first-order valence-corrected chi connectivity index (χ1v) is 6.06. The maximum Gasteiger partial charge on any atom is 0.174 e. The van der Waals surface area contributed by atoms with E-state index in [-0.39, 0.29) is 10.8 Å². The molecule has 0 bridgehead atoms. The van der Waals surface area contributed by atoms with Crippen molar-refractivity contribution in [3.05, 3.63) is 17.2 Å². The number of halogens is 1. The summed E-state index contributed by atoms with van der Waals surface area (Å²) >= 11 is 6.00. The van der Waals surface area contributed by atoms with E-state index in [1.807, 2.05) is 0 Å². The minimum atomic E-state index is -0.0935. The summed E-state index contributed by atoms with van der Waals surface area (Å²) in [5.41, 5.74) is 6.64. The van der Waals surface area contributed by atoms with E-state index >= 15 is 0 Å². The maximum absolute atomic E-state index is 10.1. The zero-order valence-corrected chi connectivity index (χ0v) is 10.9. The van der Waals surface area contributed by atoms with Crippen LogP contribution in [0.2, 0.25) is 5.02 Å². The number of benzene rings is 1. The number of hydrogen-bond acceptors (Lipinski definition) is 5. The molecule has 1 aromatic heterocycles. The van der Waals surface area contributed by atoms with Crippen molar-refractivity contribution in [2.24, 2.45) is 7.05 Å². The summed E-state index contributed by atoms with van der Waals surface area (Å²) in [7, 11) is 1.71. The highest BCUT2D eigenvalue weighted by Gasteiger charge is 2.25. The van der Waals surface area contributed by atoms with Crippen molar-refractivity contribution in [2.45, 2.75) is 0 Å². The smallest absolute Gasteiger partial charge is 0.174 e. The quantitative estimate of drug-likeness (QED) is 0.833. The van der Waals surface area contributed by atoms with Crippen molar-refractivity contribution >= 4 is 17.4 Å². The van der Waals surface area contributed by atoms with E-state index in [4.69, 9.17) is 26.8 Å². The van der Waals surface area contributed by atoms with E-state index in [9.17, 15) is 5.11 Å². The lowest BCUT2D eigenvalue weighted by atomic mass is 10.1. The van der Waals surface area contributed by atoms with Crippen molar-refractivity contribution in [3.8, 4) is 28.5 Å². The van der Waals surface area contributed by atoms with Gasteiger partial charge in [-0.25, -0.2) is 0 Å². The fourth-order valence-corrected chi connectivity index (χ4v) is 2.18. The molecular weight excluding hydrogens is 270 g/mol. The first-order chi connectivity index (χ1) is 9.08. The van der Waals surface area contributed by atoms with Crippen molar-refractivity contribution in [2.75, 3.05) is 18.9 Å². The molecule has 0 atom stereocenters. The Balaban J connectivity index is 2.26. The highest BCUT2D eigenvalue weighted by Crippen LogP contribution is 2.48. The van der Waals surface area contributed by atoms with E-state index in [2.05, 4.69) is 5.10 Å². The fourth-order valence-electron chi connectivity index (χ4n) is 1.99. The third-order valence-electron chi connectivity index (χ3n) is 2.93. The topological polar surface area (TPSA) is 82.5 Å². The SMILES string of the molecule is Cn1nc(-c2c(O)c(Cl)cc3c2OCCO3)cc1N. The number of aryl methyl sites for hydroxylation is 1. The lowest BCUT2D eigenvalue weighted by molar-refractivity contribution is 0.172. The van der Waals surface area contributed by atoms with Crippen molar-refractivity contribution < 1.29 is 14.6 Å². The normalized spacial score (nSPS) is 13.6. The summed E-state index contributed by atoms with van der Waals surface area (Å²) in [6.45, 7) is 0.849. The number of phenols is 1. The average Bonchev–Trinajstić information content (AvgIpc) is 2.71. The monoisotopic (exact) mass is 281 g/mol. The van der Waals surface area contributed by atoms with E-state index in [1.165, 1.54) is 10.7 Å². The van der Waals surface area contributed by atoms with Gasteiger partial charge in [0.05, 0.1) is 10.6 Å². The summed E-state index contributed by atoms with van der Waals surface area (Å²) in [5, 5.41) is 14.6. The van der Waals surface area contributed by atoms with Crippen molar-refractivity contribution in [1.82, 2.24) is 9.78 Å². The zero-order chi connectivity index (χ0) is 13.6. The molecule has 0 aliphatic carbocycles. The Morgan fingerprint density at radius 1 is 1.37 bits per heavy atom. The van der Waals surface area contributed by atoms with Crippen LogP contribution in [-0.2, 0) is 7.05 Å². The minimum Gasteiger partial charge on any atom is -0.506 e. The Bertz CT molecular complexity index is 635. The molecule has 7 heteroatoms. The number of nitrogen functional groups attached to an aromatic ring is 1. The van der Waals surface area contributed by atoms with Crippen molar-refractivity contribution in [1.29, 1.82) is 0 Å². The maximum atomic E-state index is 10.1. The number of anilines is 1. The molecule has 1 aliphatic heterocycles. The largest absolute Gasteiger partial charge is 0.506 e. The van der Waals surface area contributed by atoms with Gasteiger partial charge in [-0.1, -0.05) is 11.6 Å². The molecule has 0 spiro atoms. The van der Waals surface area contributed by atoms with Crippen LogP contribution in [0.25, 0.3) is 11.3 Å². The predicted molar refractivity (Wildman–Crippen MR) is 70.7 cm³/mol. The molecule has 2 heterocycles. The molecular formula is C12H12ClN3O3. The lowest BCUT2D eigenvalue weighted by Crippen LogP contribution is -2.16. The standard InChI is InChI=1S/C12H12ClN3O3/c1-16-9(14)5-7(15-16)10-11(17)6(13)4-8-12(10)19-3-2-18-8/h4-5,17H,2-3,14H2,1H3. The fraction of sp³-hybridized carbons (Fsp3) is 0.250. The highest BCUT2D eigenvalue weighted by molar-refractivity contribution is 6.32. The Kier molecular flexibility index (Phi) is 2.67. The van der Waals surface area contributed by atoms with Crippen LogP contribution < -0.4 is 15.2 Å². The summed E-state index contributed by atoms with van der Waals surface area (Å²) in [6, 6.07) is 3.17. The molecule has 0 saturated heterocycles. The van der Waals surface area contributed by atoms with Crippen LogP contribution >= 0.6 is 11.6 Å². The number of fused-ring (bicyclic) bond motifs is 1. The van der Waals surface area contributed by atoms with Crippen LogP contribution in [0, 0.1) is 0 Å². The zero-order valence-electron chi connectivity index (χ0n) is 10.2. The summed E-state index contributed by atoms with van der Waals surface area (Å²) in [5.74, 6) is 1.31.